The van der Waals surface area contributed by atoms with Crippen LogP contribution in [0.25, 0.3) is 0 Å². The van der Waals surface area contributed by atoms with Gasteiger partial charge in [0.1, 0.15) is 11.9 Å². The number of hydrogen-bond acceptors (Lipinski definition) is 5. The summed E-state index contributed by atoms with van der Waals surface area (Å²) in [5, 5.41) is 30.4. The number of fused-ring (bicyclic) bond motifs is 1. The maximum atomic E-state index is 14.3. The second kappa shape index (κ2) is 10.8. The zero-order chi connectivity index (χ0) is 28.6. The Morgan fingerprint density at radius 2 is 1.52 bits per heavy atom. The number of benzene rings is 3. The van der Waals surface area contributed by atoms with E-state index in [0.717, 1.165) is 31.4 Å². The fraction of sp³-hybridized carbons (Fsp3) is 0.333. The SMILES string of the molecule is Cc1cc(C(=O)O)ccc1NC(=O)C(C1CCCCC1)C1(C(O)c2ccc(F)cc2)Nc2cc(F)c(F)cc2N1. The molecule has 0 radical (unpaired) electrons. The van der Waals surface area contributed by atoms with E-state index >= 15 is 0 Å². The van der Waals surface area contributed by atoms with Crippen molar-refractivity contribution in [1.29, 1.82) is 0 Å². The van der Waals surface area contributed by atoms with Crippen LogP contribution in [0.4, 0.5) is 30.2 Å². The number of aromatic carboxylic acids is 1. The Bertz CT molecular complexity index is 1410. The van der Waals surface area contributed by atoms with Crippen LogP contribution in [0, 0.1) is 36.2 Å². The number of aryl methyl sites for hydroxylation is 1. The normalized spacial score (nSPS) is 17.7. The largest absolute Gasteiger partial charge is 0.478 e. The van der Waals surface area contributed by atoms with Gasteiger partial charge in [-0.15, -0.1) is 0 Å². The van der Waals surface area contributed by atoms with Crippen LogP contribution in [0.1, 0.15) is 59.7 Å². The molecule has 1 saturated carbocycles. The van der Waals surface area contributed by atoms with Crippen molar-refractivity contribution in [3.05, 3.63) is 88.7 Å². The second-order valence-corrected chi connectivity index (χ2v) is 10.6. The second-order valence-electron chi connectivity index (χ2n) is 10.6. The maximum Gasteiger partial charge on any atom is 0.335 e. The van der Waals surface area contributed by atoms with E-state index in [2.05, 4.69) is 16.0 Å². The number of carbonyl (C=O) groups excluding carboxylic acids is 1. The number of carbonyl (C=O) groups is 2. The van der Waals surface area contributed by atoms with Crippen molar-refractivity contribution in [2.75, 3.05) is 16.0 Å². The van der Waals surface area contributed by atoms with Gasteiger partial charge in [-0.1, -0.05) is 31.4 Å². The standard InChI is InChI=1S/C30H30F3N3O4/c1-16-13-19(29(39)40)9-12-23(16)34-28(38)26(17-5-3-2-4-6-17)30(27(37)18-7-10-20(31)11-8-18)35-24-14-21(32)22(33)15-25(24)36-30/h7-15,17,26-27,35-37H,2-6H2,1H3,(H,34,38)(H,39,40). The van der Waals surface area contributed by atoms with Crippen LogP contribution in [0.15, 0.2) is 54.6 Å². The van der Waals surface area contributed by atoms with E-state index in [1.54, 1.807) is 6.92 Å². The summed E-state index contributed by atoms with van der Waals surface area (Å²) in [6, 6.07) is 11.5. The molecule has 2 aliphatic rings. The highest BCUT2D eigenvalue weighted by atomic mass is 19.2. The van der Waals surface area contributed by atoms with E-state index in [1.807, 2.05) is 0 Å². The fourth-order valence-electron chi connectivity index (χ4n) is 6.01. The first kappa shape index (κ1) is 27.5. The quantitative estimate of drug-likeness (QED) is 0.238. The van der Waals surface area contributed by atoms with Crippen molar-refractivity contribution >= 4 is 28.9 Å². The summed E-state index contributed by atoms with van der Waals surface area (Å²) in [6.45, 7) is 1.67. The van der Waals surface area contributed by atoms with Crippen LogP contribution in [-0.4, -0.2) is 27.8 Å². The van der Waals surface area contributed by atoms with Crippen molar-refractivity contribution in [3.8, 4) is 0 Å². The van der Waals surface area contributed by atoms with E-state index in [0.29, 0.717) is 29.7 Å². The Balaban J connectivity index is 1.61. The van der Waals surface area contributed by atoms with Gasteiger partial charge in [-0.2, -0.15) is 0 Å². The van der Waals surface area contributed by atoms with Gasteiger partial charge in [-0.3, -0.25) is 4.79 Å². The van der Waals surface area contributed by atoms with E-state index in [1.165, 1.54) is 42.5 Å². The van der Waals surface area contributed by atoms with Gasteiger partial charge in [0.2, 0.25) is 5.91 Å². The minimum absolute atomic E-state index is 0.0705. The molecule has 1 aliphatic heterocycles. The molecule has 1 amide bonds. The van der Waals surface area contributed by atoms with Crippen LogP contribution in [0.2, 0.25) is 0 Å². The van der Waals surface area contributed by atoms with Crippen molar-refractivity contribution < 1.29 is 33.0 Å². The number of aliphatic hydroxyl groups excluding tert-OH is 1. The maximum absolute atomic E-state index is 14.3. The van der Waals surface area contributed by atoms with E-state index < -0.39 is 47.0 Å². The molecule has 1 aliphatic carbocycles. The van der Waals surface area contributed by atoms with Crippen molar-refractivity contribution in [2.45, 2.75) is 50.8 Å². The first-order chi connectivity index (χ1) is 19.1. The molecule has 1 fully saturated rings. The Morgan fingerprint density at radius 1 is 0.925 bits per heavy atom. The average Bonchev–Trinajstić information content (AvgIpc) is 3.29. The van der Waals surface area contributed by atoms with Crippen molar-refractivity contribution in [1.82, 2.24) is 0 Å². The number of aliphatic hydroxyl groups is 1. The highest BCUT2D eigenvalue weighted by Gasteiger charge is 2.55. The van der Waals surface area contributed by atoms with Crippen LogP contribution in [-0.2, 0) is 4.79 Å². The first-order valence-electron chi connectivity index (χ1n) is 13.2. The molecule has 2 atom stereocenters. The molecule has 5 rings (SSSR count). The number of rotatable bonds is 7. The molecule has 3 aromatic carbocycles. The first-order valence-corrected chi connectivity index (χ1v) is 13.2. The molecular weight excluding hydrogens is 523 g/mol. The molecule has 1 heterocycles. The summed E-state index contributed by atoms with van der Waals surface area (Å²) in [6.07, 6.45) is 2.62. The summed E-state index contributed by atoms with van der Waals surface area (Å²) in [4.78, 5) is 25.6. The minimum Gasteiger partial charge on any atom is -0.478 e. The summed E-state index contributed by atoms with van der Waals surface area (Å²) < 4.78 is 42.3. The third kappa shape index (κ3) is 5.11. The molecular formula is C30H30F3N3O4. The predicted octanol–water partition coefficient (Wildman–Crippen LogP) is 6.21. The van der Waals surface area contributed by atoms with E-state index in [-0.39, 0.29) is 22.9 Å². The minimum atomic E-state index is -1.65. The van der Waals surface area contributed by atoms with Crippen LogP contribution >= 0.6 is 0 Å². The fourth-order valence-corrected chi connectivity index (χ4v) is 6.01. The zero-order valence-electron chi connectivity index (χ0n) is 21.8. The summed E-state index contributed by atoms with van der Waals surface area (Å²) in [5.74, 6) is -5.45. The van der Waals surface area contributed by atoms with Crippen molar-refractivity contribution in [3.63, 3.8) is 0 Å². The lowest BCUT2D eigenvalue weighted by Crippen LogP contribution is -2.60. The van der Waals surface area contributed by atoms with Gasteiger partial charge in [0.15, 0.2) is 17.3 Å². The van der Waals surface area contributed by atoms with Crippen molar-refractivity contribution in [2.24, 2.45) is 11.8 Å². The van der Waals surface area contributed by atoms with Gasteiger partial charge in [0.05, 0.1) is 22.9 Å². The Hall–Kier alpha value is -4.05. The summed E-state index contributed by atoms with van der Waals surface area (Å²) in [7, 11) is 0. The lowest BCUT2D eigenvalue weighted by Gasteiger charge is -2.45. The molecule has 0 aromatic heterocycles. The van der Waals surface area contributed by atoms with Gasteiger partial charge >= 0.3 is 5.97 Å². The van der Waals surface area contributed by atoms with Crippen LogP contribution in [0.3, 0.4) is 0 Å². The lowest BCUT2D eigenvalue weighted by atomic mass is 9.70. The predicted molar refractivity (Wildman–Crippen MR) is 145 cm³/mol. The Kier molecular flexibility index (Phi) is 7.46. The topological polar surface area (TPSA) is 111 Å². The molecule has 5 N–H and O–H groups in total. The summed E-state index contributed by atoms with van der Waals surface area (Å²) in [5.41, 5.74) is -0.00175. The highest BCUT2D eigenvalue weighted by Crippen LogP contribution is 2.49. The molecule has 0 saturated heterocycles. The monoisotopic (exact) mass is 553 g/mol. The molecule has 10 heteroatoms. The number of halogens is 3. The molecule has 2 unspecified atom stereocenters. The highest BCUT2D eigenvalue weighted by molar-refractivity contribution is 5.97. The number of carboxylic acids is 1. The smallest absolute Gasteiger partial charge is 0.335 e. The number of hydrogen-bond donors (Lipinski definition) is 5. The zero-order valence-corrected chi connectivity index (χ0v) is 21.8. The third-order valence-electron chi connectivity index (χ3n) is 7.99. The number of nitrogens with one attached hydrogen (secondary N) is 3. The van der Waals surface area contributed by atoms with E-state index in [4.69, 9.17) is 0 Å². The lowest BCUT2D eigenvalue weighted by molar-refractivity contribution is -0.126. The number of carboxylic acid groups (broad SMARTS) is 1. The molecule has 0 spiro atoms. The molecule has 3 aromatic rings. The Morgan fingerprint density at radius 3 is 2.08 bits per heavy atom. The average molecular weight is 554 g/mol. The van der Waals surface area contributed by atoms with Crippen LogP contribution in [0.5, 0.6) is 0 Å². The third-order valence-corrected chi connectivity index (χ3v) is 7.99. The van der Waals surface area contributed by atoms with Gasteiger partial charge < -0.3 is 26.2 Å². The molecule has 7 nitrogen and oxygen atoms in total. The van der Waals surface area contributed by atoms with Gasteiger partial charge in [-0.05, 0) is 67.1 Å². The summed E-state index contributed by atoms with van der Waals surface area (Å²) >= 11 is 0. The number of amides is 1. The van der Waals surface area contributed by atoms with Gasteiger partial charge in [0.25, 0.3) is 0 Å². The molecule has 40 heavy (non-hydrogen) atoms. The molecule has 210 valence electrons. The van der Waals surface area contributed by atoms with Crippen LogP contribution < -0.4 is 16.0 Å². The van der Waals surface area contributed by atoms with Gasteiger partial charge in [0, 0.05) is 17.8 Å². The molecule has 0 bridgehead atoms. The van der Waals surface area contributed by atoms with Gasteiger partial charge in [-0.25, -0.2) is 18.0 Å². The number of anilines is 3. The van der Waals surface area contributed by atoms with E-state index in [9.17, 15) is 33.0 Å². The Labute approximate surface area is 229 Å².